The molecule has 90 valence electrons. The van der Waals surface area contributed by atoms with Crippen molar-refractivity contribution < 1.29 is 4.39 Å². The smallest absolute Gasteiger partial charge is 0.146 e. The highest BCUT2D eigenvalue weighted by atomic mass is 35.5. The van der Waals surface area contributed by atoms with Crippen LogP contribution < -0.4 is 5.32 Å². The third-order valence-corrected chi connectivity index (χ3v) is 3.98. The molecule has 0 radical (unpaired) electrons. The van der Waals surface area contributed by atoms with E-state index in [-0.39, 0.29) is 16.9 Å². The normalized spacial score (nSPS) is 12.7. The van der Waals surface area contributed by atoms with E-state index in [1.807, 2.05) is 26.1 Å². The van der Waals surface area contributed by atoms with E-state index in [0.717, 1.165) is 4.88 Å². The second-order valence-corrected chi connectivity index (χ2v) is 5.54. The predicted molar refractivity (Wildman–Crippen MR) is 71.4 cm³/mol. The van der Waals surface area contributed by atoms with Gasteiger partial charge in [0.15, 0.2) is 0 Å². The molecule has 0 saturated carbocycles. The number of rotatable bonds is 3. The SMILES string of the molecule is CNC(c1ccc(C)s1)c1cccc(Cl)c1F. The highest BCUT2D eigenvalue weighted by molar-refractivity contribution is 7.12. The number of halogens is 2. The zero-order valence-corrected chi connectivity index (χ0v) is 11.2. The van der Waals surface area contributed by atoms with Crippen LogP contribution in [0.3, 0.4) is 0 Å². The summed E-state index contributed by atoms with van der Waals surface area (Å²) in [6.07, 6.45) is 0. The maximum absolute atomic E-state index is 14.0. The summed E-state index contributed by atoms with van der Waals surface area (Å²) in [7, 11) is 1.82. The monoisotopic (exact) mass is 269 g/mol. The molecule has 0 aliphatic carbocycles. The number of nitrogens with one attached hydrogen (secondary N) is 1. The minimum atomic E-state index is -0.348. The molecule has 1 N–H and O–H groups in total. The molecule has 1 heterocycles. The van der Waals surface area contributed by atoms with E-state index in [1.54, 1.807) is 29.5 Å². The molecule has 0 spiro atoms. The van der Waals surface area contributed by atoms with Crippen molar-refractivity contribution in [3.63, 3.8) is 0 Å². The first-order chi connectivity index (χ1) is 8.13. The fourth-order valence-electron chi connectivity index (χ4n) is 1.80. The minimum absolute atomic E-state index is 0.146. The predicted octanol–water partition coefficient (Wildman–Crippen LogP) is 4.16. The Balaban J connectivity index is 2.45. The second kappa shape index (κ2) is 5.17. The molecule has 17 heavy (non-hydrogen) atoms. The minimum Gasteiger partial charge on any atom is -0.309 e. The number of thiophene rings is 1. The van der Waals surface area contributed by atoms with Crippen molar-refractivity contribution in [3.8, 4) is 0 Å². The highest BCUT2D eigenvalue weighted by Gasteiger charge is 2.18. The Morgan fingerprint density at radius 2 is 2.06 bits per heavy atom. The number of hydrogen-bond acceptors (Lipinski definition) is 2. The van der Waals surface area contributed by atoms with Crippen LogP contribution in [0.2, 0.25) is 5.02 Å². The van der Waals surface area contributed by atoms with Crippen LogP contribution in [0.15, 0.2) is 30.3 Å². The summed E-state index contributed by atoms with van der Waals surface area (Å²) in [4.78, 5) is 2.30. The lowest BCUT2D eigenvalue weighted by molar-refractivity contribution is 0.580. The molecule has 1 atom stereocenters. The standard InChI is InChI=1S/C13H13ClFNS/c1-8-6-7-11(17-8)13(16-2)9-4-3-5-10(14)12(9)15/h3-7,13,16H,1-2H3. The summed E-state index contributed by atoms with van der Waals surface area (Å²) in [6, 6.07) is 9.00. The summed E-state index contributed by atoms with van der Waals surface area (Å²) >= 11 is 7.47. The van der Waals surface area contributed by atoms with E-state index in [0.29, 0.717) is 5.56 Å². The second-order valence-electron chi connectivity index (χ2n) is 3.81. The van der Waals surface area contributed by atoms with Gasteiger partial charge in [-0.1, -0.05) is 23.7 Å². The van der Waals surface area contributed by atoms with Crippen molar-refractivity contribution in [3.05, 3.63) is 56.5 Å². The summed E-state index contributed by atoms with van der Waals surface area (Å²) < 4.78 is 14.0. The molecule has 0 aliphatic heterocycles. The van der Waals surface area contributed by atoms with Crippen molar-refractivity contribution in [1.82, 2.24) is 5.32 Å². The number of aryl methyl sites for hydroxylation is 1. The Labute approximate surface area is 109 Å². The molecular formula is C13H13ClFNS. The molecule has 2 aromatic rings. The van der Waals surface area contributed by atoms with Crippen molar-refractivity contribution in [2.75, 3.05) is 7.05 Å². The Morgan fingerprint density at radius 3 is 2.65 bits per heavy atom. The van der Waals surface area contributed by atoms with Gasteiger partial charge < -0.3 is 5.32 Å². The van der Waals surface area contributed by atoms with E-state index in [9.17, 15) is 4.39 Å². The average Bonchev–Trinajstić information content (AvgIpc) is 2.72. The van der Waals surface area contributed by atoms with Crippen LogP contribution in [0, 0.1) is 12.7 Å². The topological polar surface area (TPSA) is 12.0 Å². The molecule has 0 fully saturated rings. The van der Waals surface area contributed by atoms with E-state index in [2.05, 4.69) is 5.32 Å². The van der Waals surface area contributed by atoms with Gasteiger partial charge in [-0.3, -0.25) is 0 Å². The van der Waals surface area contributed by atoms with Crippen LogP contribution in [0.1, 0.15) is 21.4 Å². The van der Waals surface area contributed by atoms with Gasteiger partial charge in [-0.25, -0.2) is 4.39 Å². The van der Waals surface area contributed by atoms with Crippen LogP contribution >= 0.6 is 22.9 Å². The van der Waals surface area contributed by atoms with E-state index in [1.165, 1.54) is 4.88 Å². The Bertz CT molecular complexity index is 524. The first kappa shape index (κ1) is 12.6. The van der Waals surface area contributed by atoms with Crippen LogP contribution in [-0.4, -0.2) is 7.05 Å². The first-order valence-electron chi connectivity index (χ1n) is 5.31. The van der Waals surface area contributed by atoms with Crippen LogP contribution in [0.5, 0.6) is 0 Å². The van der Waals surface area contributed by atoms with Gasteiger partial charge in [-0.2, -0.15) is 0 Å². The van der Waals surface area contributed by atoms with Gasteiger partial charge in [0.2, 0.25) is 0 Å². The maximum atomic E-state index is 14.0. The summed E-state index contributed by atoms with van der Waals surface area (Å²) in [5.41, 5.74) is 0.585. The van der Waals surface area contributed by atoms with Gasteiger partial charge in [0.05, 0.1) is 11.1 Å². The third-order valence-electron chi connectivity index (χ3n) is 2.63. The molecule has 1 aromatic carbocycles. The molecule has 0 bridgehead atoms. The molecular weight excluding hydrogens is 257 g/mol. The highest BCUT2D eigenvalue weighted by Crippen LogP contribution is 2.31. The fourth-order valence-corrected chi connectivity index (χ4v) is 2.99. The van der Waals surface area contributed by atoms with E-state index >= 15 is 0 Å². The Morgan fingerprint density at radius 1 is 1.29 bits per heavy atom. The quantitative estimate of drug-likeness (QED) is 0.882. The summed E-state index contributed by atoms with van der Waals surface area (Å²) in [6.45, 7) is 2.04. The lowest BCUT2D eigenvalue weighted by Gasteiger charge is -2.16. The fraction of sp³-hybridized carbons (Fsp3) is 0.231. The lowest BCUT2D eigenvalue weighted by Crippen LogP contribution is -2.17. The van der Waals surface area contributed by atoms with Crippen molar-refractivity contribution in [2.45, 2.75) is 13.0 Å². The molecule has 0 aliphatic rings. The number of hydrogen-bond donors (Lipinski definition) is 1. The van der Waals surface area contributed by atoms with Crippen LogP contribution in [-0.2, 0) is 0 Å². The molecule has 0 saturated heterocycles. The van der Waals surface area contributed by atoms with Gasteiger partial charge in [-0.05, 0) is 32.2 Å². The molecule has 0 amide bonds. The zero-order valence-electron chi connectivity index (χ0n) is 9.63. The molecule has 1 unspecified atom stereocenters. The molecule has 2 rings (SSSR count). The van der Waals surface area contributed by atoms with Gasteiger partial charge in [0.1, 0.15) is 5.82 Å². The first-order valence-corrected chi connectivity index (χ1v) is 6.50. The zero-order chi connectivity index (χ0) is 12.4. The maximum Gasteiger partial charge on any atom is 0.146 e. The summed E-state index contributed by atoms with van der Waals surface area (Å²) in [5, 5.41) is 3.29. The van der Waals surface area contributed by atoms with Crippen LogP contribution in [0.4, 0.5) is 4.39 Å². The van der Waals surface area contributed by atoms with Gasteiger partial charge in [0, 0.05) is 15.3 Å². The van der Waals surface area contributed by atoms with Crippen LogP contribution in [0.25, 0.3) is 0 Å². The number of benzene rings is 1. The van der Waals surface area contributed by atoms with E-state index in [4.69, 9.17) is 11.6 Å². The van der Waals surface area contributed by atoms with Gasteiger partial charge in [0.25, 0.3) is 0 Å². The molecule has 4 heteroatoms. The van der Waals surface area contributed by atoms with Crippen molar-refractivity contribution in [1.29, 1.82) is 0 Å². The largest absolute Gasteiger partial charge is 0.309 e. The Kier molecular flexibility index (Phi) is 3.82. The van der Waals surface area contributed by atoms with Gasteiger partial charge in [-0.15, -0.1) is 11.3 Å². The lowest BCUT2D eigenvalue weighted by atomic mass is 10.0. The van der Waals surface area contributed by atoms with Gasteiger partial charge >= 0.3 is 0 Å². The molecule has 1 aromatic heterocycles. The van der Waals surface area contributed by atoms with Crippen molar-refractivity contribution in [2.24, 2.45) is 0 Å². The average molecular weight is 270 g/mol. The summed E-state index contributed by atoms with van der Waals surface area (Å²) in [5.74, 6) is -0.348. The Hall–Kier alpha value is -0.900. The van der Waals surface area contributed by atoms with Crippen molar-refractivity contribution >= 4 is 22.9 Å². The van der Waals surface area contributed by atoms with E-state index < -0.39 is 0 Å². The molecule has 1 nitrogen and oxygen atoms in total. The third kappa shape index (κ3) is 2.51.